The number of carbonyl (C=O) groups excluding carboxylic acids is 3. The maximum atomic E-state index is 12.1. The van der Waals surface area contributed by atoms with Crippen molar-refractivity contribution in [1.82, 2.24) is 10.8 Å². The summed E-state index contributed by atoms with van der Waals surface area (Å²) in [7, 11) is 0. The van der Waals surface area contributed by atoms with Crippen LogP contribution in [0.5, 0.6) is 0 Å². The van der Waals surface area contributed by atoms with Gasteiger partial charge >= 0.3 is 11.9 Å². The molecule has 0 saturated carbocycles. The average Bonchev–Trinajstić information content (AvgIpc) is 3.07. The minimum absolute atomic E-state index is 0.0391. The molecule has 0 aliphatic carbocycles. The molecule has 22 heavy (non-hydrogen) atoms. The van der Waals surface area contributed by atoms with Gasteiger partial charge in [-0.1, -0.05) is 30.3 Å². The maximum absolute atomic E-state index is 12.1. The average molecular weight is 306 g/mol. The van der Waals surface area contributed by atoms with E-state index in [0.717, 1.165) is 12.0 Å². The van der Waals surface area contributed by atoms with Gasteiger partial charge in [-0.3, -0.25) is 14.8 Å². The quantitative estimate of drug-likeness (QED) is 0.310. The third-order valence-corrected chi connectivity index (χ3v) is 3.54. The highest BCUT2D eigenvalue weighted by Crippen LogP contribution is 2.13. The van der Waals surface area contributed by atoms with Gasteiger partial charge in [-0.05, 0) is 31.4 Å². The van der Waals surface area contributed by atoms with E-state index in [4.69, 9.17) is 9.94 Å². The van der Waals surface area contributed by atoms with Gasteiger partial charge in [0.25, 0.3) is 5.91 Å². The fraction of sp³-hybridized carbons (Fsp3) is 0.400. The van der Waals surface area contributed by atoms with Gasteiger partial charge in [-0.25, -0.2) is 10.3 Å². The van der Waals surface area contributed by atoms with Gasteiger partial charge in [0, 0.05) is 0 Å². The number of hydrogen-bond acceptors (Lipinski definition) is 6. The molecule has 0 bridgehead atoms. The van der Waals surface area contributed by atoms with Crippen molar-refractivity contribution in [2.75, 3.05) is 6.54 Å². The van der Waals surface area contributed by atoms with Gasteiger partial charge in [0.15, 0.2) is 0 Å². The van der Waals surface area contributed by atoms with Crippen LogP contribution < -0.4 is 10.8 Å². The molecule has 1 aromatic rings. The Morgan fingerprint density at radius 1 is 1.32 bits per heavy atom. The predicted octanol–water partition coefficient (Wildman–Crippen LogP) is 0.172. The van der Waals surface area contributed by atoms with Crippen molar-refractivity contribution in [3.63, 3.8) is 0 Å². The molecule has 0 aromatic heterocycles. The topological polar surface area (TPSA) is 105 Å². The zero-order valence-electron chi connectivity index (χ0n) is 12.0. The largest absolute Gasteiger partial charge is 0.391 e. The summed E-state index contributed by atoms with van der Waals surface area (Å²) in [4.78, 5) is 35.6. The molecule has 2 rings (SSSR count). The molecule has 0 spiro atoms. The summed E-state index contributed by atoms with van der Waals surface area (Å²) in [6, 6.07) is 8.30. The van der Waals surface area contributed by atoms with Crippen molar-refractivity contribution in [2.24, 2.45) is 5.92 Å². The summed E-state index contributed by atoms with van der Waals surface area (Å²) in [5.41, 5.74) is 2.16. The van der Waals surface area contributed by atoms with Gasteiger partial charge in [0.2, 0.25) is 0 Å². The number of hydrogen-bond donors (Lipinski definition) is 3. The molecule has 1 aliphatic heterocycles. The fourth-order valence-electron chi connectivity index (χ4n) is 2.34. The summed E-state index contributed by atoms with van der Waals surface area (Å²) in [6.07, 6.45) is 1.47. The summed E-state index contributed by atoms with van der Waals surface area (Å²) in [6.45, 7) is 0.693. The van der Waals surface area contributed by atoms with Gasteiger partial charge in [-0.2, -0.15) is 0 Å². The highest BCUT2D eigenvalue weighted by Gasteiger charge is 2.33. The fourth-order valence-corrected chi connectivity index (χ4v) is 2.34. The minimum atomic E-state index is -1.28. The van der Waals surface area contributed by atoms with E-state index < -0.39 is 29.8 Å². The molecular formula is C15H18N2O5. The Kier molecular flexibility index (Phi) is 5.62. The number of benzene rings is 1. The van der Waals surface area contributed by atoms with E-state index in [1.807, 2.05) is 0 Å². The Hall–Kier alpha value is -2.25. The monoisotopic (exact) mass is 306 g/mol. The molecule has 1 saturated heterocycles. The molecule has 1 aliphatic rings. The van der Waals surface area contributed by atoms with Crippen molar-refractivity contribution in [2.45, 2.75) is 25.3 Å². The zero-order valence-corrected chi connectivity index (χ0v) is 12.0. The zero-order chi connectivity index (χ0) is 15.9. The number of hydroxylamine groups is 1. The Morgan fingerprint density at radius 3 is 2.64 bits per heavy atom. The number of carbonyl (C=O) groups is 3. The molecule has 118 valence electrons. The first-order chi connectivity index (χ1) is 10.6. The number of amides is 1. The van der Waals surface area contributed by atoms with Crippen LogP contribution in [0.15, 0.2) is 30.3 Å². The lowest BCUT2D eigenvalue weighted by atomic mass is 9.99. The molecule has 3 N–H and O–H groups in total. The molecule has 2 atom stereocenters. The second-order valence-corrected chi connectivity index (χ2v) is 5.11. The molecule has 1 amide bonds. The summed E-state index contributed by atoms with van der Waals surface area (Å²) < 4.78 is 4.78. The number of nitrogens with one attached hydrogen (secondary N) is 2. The molecule has 7 nitrogen and oxygen atoms in total. The van der Waals surface area contributed by atoms with E-state index in [1.165, 1.54) is 5.48 Å². The summed E-state index contributed by atoms with van der Waals surface area (Å²) >= 11 is 0. The first-order valence-corrected chi connectivity index (χ1v) is 7.08. The van der Waals surface area contributed by atoms with E-state index in [-0.39, 0.29) is 6.42 Å². The lowest BCUT2D eigenvalue weighted by Gasteiger charge is -2.15. The lowest BCUT2D eigenvalue weighted by Crippen LogP contribution is -2.40. The van der Waals surface area contributed by atoms with E-state index in [9.17, 15) is 14.4 Å². The van der Waals surface area contributed by atoms with Crippen LogP contribution in [0.3, 0.4) is 0 Å². The molecule has 1 heterocycles. The van der Waals surface area contributed by atoms with Crippen LogP contribution in [0.4, 0.5) is 0 Å². The predicted molar refractivity (Wildman–Crippen MR) is 75.7 cm³/mol. The van der Waals surface area contributed by atoms with Crippen LogP contribution in [0.2, 0.25) is 0 Å². The molecule has 1 fully saturated rings. The van der Waals surface area contributed by atoms with Crippen LogP contribution in [-0.4, -0.2) is 35.6 Å². The molecule has 1 aromatic carbocycles. The van der Waals surface area contributed by atoms with Crippen molar-refractivity contribution in [1.29, 1.82) is 0 Å². The highest BCUT2D eigenvalue weighted by atomic mass is 16.6. The molecular weight excluding hydrogens is 288 g/mol. The third-order valence-electron chi connectivity index (χ3n) is 3.54. The lowest BCUT2D eigenvalue weighted by molar-refractivity contribution is -0.166. The molecule has 0 radical (unpaired) electrons. The van der Waals surface area contributed by atoms with Crippen molar-refractivity contribution in [3.8, 4) is 0 Å². The SMILES string of the molecule is O=C(NO)C(Cc1ccccc1)C(=O)OC(=O)[C@@H]1CCCN1. The molecule has 1 unspecified atom stereocenters. The van der Waals surface area contributed by atoms with Crippen molar-refractivity contribution in [3.05, 3.63) is 35.9 Å². The Labute approximate surface area is 127 Å². The number of rotatable bonds is 5. The second kappa shape index (κ2) is 7.67. The number of ether oxygens (including phenoxy) is 1. The Morgan fingerprint density at radius 2 is 2.05 bits per heavy atom. The van der Waals surface area contributed by atoms with Crippen LogP contribution in [-0.2, 0) is 25.5 Å². The van der Waals surface area contributed by atoms with Gasteiger partial charge in [0.05, 0.1) is 0 Å². The smallest absolute Gasteiger partial charge is 0.330 e. The maximum Gasteiger partial charge on any atom is 0.330 e. The standard InChI is InChI=1S/C15H18N2O5/c18-13(17-21)11(9-10-5-2-1-3-6-10)14(19)22-15(20)12-7-4-8-16-12/h1-3,5-6,11-12,16,21H,4,7-9H2,(H,17,18)/t11?,12-/m0/s1. The van der Waals surface area contributed by atoms with Crippen LogP contribution in [0.1, 0.15) is 18.4 Å². The molecule has 7 heteroatoms. The van der Waals surface area contributed by atoms with E-state index >= 15 is 0 Å². The minimum Gasteiger partial charge on any atom is -0.391 e. The normalized spacial score (nSPS) is 18.5. The van der Waals surface area contributed by atoms with Crippen LogP contribution in [0.25, 0.3) is 0 Å². The summed E-state index contributed by atoms with van der Waals surface area (Å²) in [5, 5.41) is 11.7. The summed E-state index contributed by atoms with van der Waals surface area (Å²) in [5.74, 6) is -3.83. The van der Waals surface area contributed by atoms with Crippen molar-refractivity contribution >= 4 is 17.8 Å². The number of esters is 2. The van der Waals surface area contributed by atoms with Gasteiger partial charge in [-0.15, -0.1) is 0 Å². The Bertz CT molecular complexity index is 540. The van der Waals surface area contributed by atoms with E-state index in [0.29, 0.717) is 13.0 Å². The van der Waals surface area contributed by atoms with Gasteiger partial charge in [0.1, 0.15) is 12.0 Å². The highest BCUT2D eigenvalue weighted by molar-refractivity contribution is 6.01. The first kappa shape index (κ1) is 16.1. The third kappa shape index (κ3) is 4.12. The Balaban J connectivity index is 2.02. The van der Waals surface area contributed by atoms with Crippen LogP contribution >= 0.6 is 0 Å². The van der Waals surface area contributed by atoms with E-state index in [2.05, 4.69) is 5.32 Å². The van der Waals surface area contributed by atoms with Crippen molar-refractivity contribution < 1.29 is 24.3 Å². The second-order valence-electron chi connectivity index (χ2n) is 5.11. The first-order valence-electron chi connectivity index (χ1n) is 7.08. The van der Waals surface area contributed by atoms with Gasteiger partial charge < -0.3 is 10.1 Å². The van der Waals surface area contributed by atoms with E-state index in [1.54, 1.807) is 30.3 Å². The van der Waals surface area contributed by atoms with Crippen LogP contribution in [0, 0.1) is 5.92 Å².